The van der Waals surface area contributed by atoms with E-state index in [0.29, 0.717) is 26.2 Å². The molecule has 0 amide bonds. The number of aromatic nitrogens is 6. The number of aliphatic hydroxyl groups excluding tert-OH is 1. The molecule has 0 saturated carbocycles. The predicted octanol–water partition coefficient (Wildman–Crippen LogP) is 5.62. The lowest BCUT2D eigenvalue weighted by Gasteiger charge is -2.08. The fourth-order valence-electron chi connectivity index (χ4n) is 3.40. The first kappa shape index (κ1) is 29.5. The van der Waals surface area contributed by atoms with Gasteiger partial charge in [0.1, 0.15) is 21.0 Å². The van der Waals surface area contributed by atoms with Gasteiger partial charge in [0, 0.05) is 43.4 Å². The highest BCUT2D eigenvalue weighted by Gasteiger charge is 2.18. The summed E-state index contributed by atoms with van der Waals surface area (Å²) >= 11 is 6.60. The Balaban J connectivity index is 0.000000237. The average molecular weight is 620 g/mol. The number of hydrogen-bond acceptors (Lipinski definition) is 6. The van der Waals surface area contributed by atoms with E-state index in [1.807, 2.05) is 53.1 Å². The van der Waals surface area contributed by atoms with Crippen molar-refractivity contribution in [2.45, 2.75) is 46.6 Å². The summed E-state index contributed by atoms with van der Waals surface area (Å²) in [5.41, 5.74) is 4.50. The Morgan fingerprint density at radius 3 is 2.00 bits per heavy atom. The lowest BCUT2D eigenvalue weighted by atomic mass is 10.1. The van der Waals surface area contributed by atoms with Crippen LogP contribution in [0.5, 0.6) is 0 Å². The molecule has 0 aromatic carbocycles. The van der Waals surface area contributed by atoms with Gasteiger partial charge in [-0.2, -0.15) is 10.2 Å². The molecule has 4 heterocycles. The van der Waals surface area contributed by atoms with Gasteiger partial charge in [-0.05, 0) is 75.0 Å². The Bertz CT molecular complexity index is 1290. The minimum absolute atomic E-state index is 0.111. The van der Waals surface area contributed by atoms with Crippen molar-refractivity contribution >= 4 is 37.6 Å². The lowest BCUT2D eigenvalue weighted by molar-refractivity contribution is 0.103. The third-order valence-electron chi connectivity index (χ3n) is 5.30. The van der Waals surface area contributed by atoms with E-state index in [9.17, 15) is 9.90 Å². The third-order valence-corrected chi connectivity index (χ3v) is 6.59. The van der Waals surface area contributed by atoms with E-state index < -0.39 is 6.10 Å². The Morgan fingerprint density at radius 1 is 0.917 bits per heavy atom. The highest BCUT2D eigenvalue weighted by atomic mass is 79.9. The van der Waals surface area contributed by atoms with Gasteiger partial charge in [-0.3, -0.25) is 14.2 Å². The molecule has 10 heteroatoms. The van der Waals surface area contributed by atoms with E-state index in [0.717, 1.165) is 29.8 Å². The Morgan fingerprint density at radius 2 is 1.47 bits per heavy atom. The summed E-state index contributed by atoms with van der Waals surface area (Å²) in [6.07, 6.45) is 4.31. The number of ketones is 1. The van der Waals surface area contributed by atoms with Crippen molar-refractivity contribution in [1.82, 2.24) is 29.5 Å². The molecule has 0 fully saturated rings. The molecule has 8 nitrogen and oxygen atoms in total. The lowest BCUT2D eigenvalue weighted by Crippen LogP contribution is -2.05. The second-order valence-electron chi connectivity index (χ2n) is 7.49. The largest absolute Gasteiger partial charge is 0.382 e. The average Bonchev–Trinajstić information content (AvgIpc) is 3.47. The summed E-state index contributed by atoms with van der Waals surface area (Å²) in [6, 6.07) is 10.8. The van der Waals surface area contributed by atoms with E-state index in [4.69, 9.17) is 0 Å². The number of nitrogens with zero attached hydrogens (tertiary/aromatic N) is 6. The maximum Gasteiger partial charge on any atom is 0.215 e. The molecule has 0 spiro atoms. The Hall–Kier alpha value is -2.69. The summed E-state index contributed by atoms with van der Waals surface area (Å²) < 4.78 is 4.73. The normalized spacial score (nSPS) is 11.1. The maximum atomic E-state index is 12.2. The van der Waals surface area contributed by atoms with Gasteiger partial charge in [-0.15, -0.1) is 0 Å². The molecule has 0 radical (unpaired) electrons. The van der Waals surface area contributed by atoms with Crippen molar-refractivity contribution in [3.05, 3.63) is 91.9 Å². The first-order valence-corrected chi connectivity index (χ1v) is 13.3. The topological polar surface area (TPSA) is 98.7 Å². The molecule has 1 N–H and O–H groups in total. The van der Waals surface area contributed by atoms with Crippen LogP contribution in [-0.4, -0.2) is 40.4 Å². The van der Waals surface area contributed by atoms with Crippen LogP contribution in [-0.2, 0) is 26.9 Å². The molecule has 1 unspecified atom stereocenters. The van der Waals surface area contributed by atoms with Gasteiger partial charge in [0.25, 0.3) is 0 Å². The van der Waals surface area contributed by atoms with Crippen molar-refractivity contribution < 1.29 is 9.90 Å². The number of carbonyl (C=O) groups is 1. The number of aliphatic hydroxyl groups is 1. The molecule has 0 aliphatic rings. The summed E-state index contributed by atoms with van der Waals surface area (Å²) in [5.74, 6) is -0.111. The SMILES string of the molecule is CC.CCc1cc(C(=O)c2cccnc2Br)nn1C.CCc1cc(C(O)c2cccnc2Br)nn1C. The third kappa shape index (κ3) is 7.18. The van der Waals surface area contributed by atoms with Crippen LogP contribution in [0.15, 0.2) is 58.0 Å². The van der Waals surface area contributed by atoms with Gasteiger partial charge >= 0.3 is 0 Å². The quantitative estimate of drug-likeness (QED) is 0.222. The number of rotatable bonds is 6. The van der Waals surface area contributed by atoms with E-state index in [1.165, 1.54) is 0 Å². The molecule has 0 saturated heterocycles. The molecule has 0 aliphatic carbocycles. The van der Waals surface area contributed by atoms with E-state index in [2.05, 4.69) is 58.9 Å². The number of carbonyl (C=O) groups excluding carboxylic acids is 1. The van der Waals surface area contributed by atoms with Gasteiger partial charge in [0.05, 0.1) is 11.3 Å². The summed E-state index contributed by atoms with van der Waals surface area (Å²) in [4.78, 5) is 20.3. The van der Waals surface area contributed by atoms with E-state index in [-0.39, 0.29) is 5.78 Å². The monoisotopic (exact) mass is 618 g/mol. The number of halogens is 2. The van der Waals surface area contributed by atoms with Crippen molar-refractivity contribution in [2.24, 2.45) is 14.1 Å². The molecular formula is C26H32Br2N6O2. The van der Waals surface area contributed by atoms with E-state index in [1.54, 1.807) is 40.0 Å². The summed E-state index contributed by atoms with van der Waals surface area (Å²) in [5, 5.41) is 18.8. The van der Waals surface area contributed by atoms with Crippen LogP contribution >= 0.6 is 31.9 Å². The smallest absolute Gasteiger partial charge is 0.215 e. The molecule has 0 bridgehead atoms. The van der Waals surface area contributed by atoms with Crippen LogP contribution in [0, 0.1) is 0 Å². The number of aryl methyl sites for hydroxylation is 4. The summed E-state index contributed by atoms with van der Waals surface area (Å²) in [7, 11) is 3.72. The molecule has 4 aromatic rings. The van der Waals surface area contributed by atoms with Gasteiger partial charge in [0.15, 0.2) is 0 Å². The van der Waals surface area contributed by atoms with Gasteiger partial charge < -0.3 is 5.11 Å². The highest BCUT2D eigenvalue weighted by molar-refractivity contribution is 9.10. The predicted molar refractivity (Wildman–Crippen MR) is 148 cm³/mol. The van der Waals surface area contributed by atoms with Gasteiger partial charge in [0.2, 0.25) is 5.78 Å². The first-order chi connectivity index (χ1) is 17.3. The molecule has 192 valence electrons. The van der Waals surface area contributed by atoms with Crippen LogP contribution < -0.4 is 0 Å². The molecule has 36 heavy (non-hydrogen) atoms. The van der Waals surface area contributed by atoms with Crippen LogP contribution in [0.25, 0.3) is 0 Å². The van der Waals surface area contributed by atoms with Crippen molar-refractivity contribution in [3.63, 3.8) is 0 Å². The maximum absolute atomic E-state index is 12.2. The number of hydrogen-bond donors (Lipinski definition) is 1. The van der Waals surface area contributed by atoms with Crippen LogP contribution in [0.1, 0.15) is 72.5 Å². The zero-order valence-corrected chi connectivity index (χ0v) is 24.6. The highest BCUT2D eigenvalue weighted by Crippen LogP contribution is 2.26. The fourth-order valence-corrected chi connectivity index (χ4v) is 4.30. The Kier molecular flexibility index (Phi) is 11.6. The second kappa shape index (κ2) is 14.2. The van der Waals surface area contributed by atoms with Crippen molar-refractivity contribution in [2.75, 3.05) is 0 Å². The standard InChI is InChI=1S/C12H14BrN3O.C12H12BrN3O.C2H6/c2*1-3-8-7-10(15-16(8)2)11(17)9-5-4-6-14-12(9)13;1-2/h4-7,11,17H,3H2,1-2H3;4-7H,3H2,1-2H3;1-2H3. The minimum Gasteiger partial charge on any atom is -0.382 e. The van der Waals surface area contributed by atoms with Crippen LogP contribution in [0.4, 0.5) is 0 Å². The number of pyridine rings is 2. The van der Waals surface area contributed by atoms with Crippen LogP contribution in [0.2, 0.25) is 0 Å². The zero-order chi connectivity index (χ0) is 26.8. The summed E-state index contributed by atoms with van der Waals surface area (Å²) in [6.45, 7) is 8.10. The van der Waals surface area contributed by atoms with Crippen LogP contribution in [0.3, 0.4) is 0 Å². The van der Waals surface area contributed by atoms with Crippen molar-refractivity contribution in [1.29, 1.82) is 0 Å². The fraction of sp³-hybridized carbons (Fsp3) is 0.346. The molecule has 4 rings (SSSR count). The van der Waals surface area contributed by atoms with E-state index >= 15 is 0 Å². The van der Waals surface area contributed by atoms with Crippen molar-refractivity contribution in [3.8, 4) is 0 Å². The minimum atomic E-state index is -0.746. The molecule has 4 aromatic heterocycles. The second-order valence-corrected chi connectivity index (χ2v) is 8.99. The molecule has 1 atom stereocenters. The Labute approximate surface area is 229 Å². The van der Waals surface area contributed by atoms with Gasteiger partial charge in [-0.25, -0.2) is 9.97 Å². The molecular weight excluding hydrogens is 588 g/mol. The first-order valence-electron chi connectivity index (χ1n) is 11.8. The van der Waals surface area contributed by atoms with Gasteiger partial charge in [-0.1, -0.05) is 33.8 Å². The zero-order valence-electron chi connectivity index (χ0n) is 21.4. The molecule has 0 aliphatic heterocycles.